The summed E-state index contributed by atoms with van der Waals surface area (Å²) in [5.41, 5.74) is 1.28. The number of nitrogens with one attached hydrogen (secondary N) is 2. The highest BCUT2D eigenvalue weighted by Crippen LogP contribution is 2.43. The highest BCUT2D eigenvalue weighted by Gasteiger charge is 2.36. The van der Waals surface area contributed by atoms with E-state index in [1.54, 1.807) is 26.4 Å². The van der Waals surface area contributed by atoms with Crippen LogP contribution >= 0.6 is 0 Å². The van der Waals surface area contributed by atoms with Crippen molar-refractivity contribution in [3.8, 4) is 11.5 Å². The smallest absolute Gasteiger partial charge is 0.191 e. The van der Waals surface area contributed by atoms with Crippen LogP contribution in [0.1, 0.15) is 38.2 Å². The Kier molecular flexibility index (Phi) is 7.37. The van der Waals surface area contributed by atoms with E-state index in [4.69, 9.17) is 9.47 Å². The molecule has 0 unspecified atom stereocenters. The Balaban J connectivity index is 1.94. The maximum atomic E-state index is 9.88. The number of hydrogen-bond donors (Lipinski definition) is 3. The molecule has 0 radical (unpaired) electrons. The quantitative estimate of drug-likeness (QED) is 0.472. The molecule has 25 heavy (non-hydrogen) atoms. The van der Waals surface area contributed by atoms with Crippen LogP contribution in [0, 0.1) is 5.41 Å². The molecule has 1 fully saturated rings. The Labute approximate surface area is 150 Å². The number of phenols is 1. The van der Waals surface area contributed by atoms with E-state index >= 15 is 0 Å². The molecule has 0 aromatic heterocycles. The van der Waals surface area contributed by atoms with E-state index in [1.807, 2.05) is 6.07 Å². The molecule has 6 nitrogen and oxygen atoms in total. The summed E-state index contributed by atoms with van der Waals surface area (Å²) in [7, 11) is 3.30. The van der Waals surface area contributed by atoms with Gasteiger partial charge in [0.1, 0.15) is 0 Å². The Morgan fingerprint density at radius 2 is 2.08 bits per heavy atom. The molecule has 1 saturated carbocycles. The number of hydrogen-bond acceptors (Lipinski definition) is 4. The Hall–Kier alpha value is -1.95. The molecule has 0 aliphatic heterocycles. The molecule has 2 rings (SSSR count). The van der Waals surface area contributed by atoms with E-state index in [9.17, 15) is 5.11 Å². The lowest BCUT2D eigenvalue weighted by molar-refractivity contribution is 0.0732. The second kappa shape index (κ2) is 9.51. The minimum atomic E-state index is 0.140. The number of aromatic hydroxyl groups is 1. The highest BCUT2D eigenvalue weighted by atomic mass is 16.5. The maximum absolute atomic E-state index is 9.88. The summed E-state index contributed by atoms with van der Waals surface area (Å²) in [5, 5.41) is 16.6. The SMILES string of the molecule is CCNC(=NCc1ccc(OC)c(O)c1)NCC1(CCOC)CCC1. The van der Waals surface area contributed by atoms with Crippen molar-refractivity contribution in [2.24, 2.45) is 10.4 Å². The Morgan fingerprint density at radius 1 is 1.28 bits per heavy atom. The fraction of sp³-hybridized carbons (Fsp3) is 0.632. The van der Waals surface area contributed by atoms with Gasteiger partial charge in [0.2, 0.25) is 0 Å². The van der Waals surface area contributed by atoms with Crippen LogP contribution in [0.2, 0.25) is 0 Å². The molecule has 1 aliphatic carbocycles. The molecule has 3 N–H and O–H groups in total. The molecule has 1 aromatic carbocycles. The van der Waals surface area contributed by atoms with Crippen molar-refractivity contribution < 1.29 is 14.6 Å². The molecule has 0 bridgehead atoms. The van der Waals surface area contributed by atoms with E-state index in [0.29, 0.717) is 17.7 Å². The minimum Gasteiger partial charge on any atom is -0.504 e. The number of ether oxygens (including phenoxy) is 2. The van der Waals surface area contributed by atoms with E-state index in [-0.39, 0.29) is 5.75 Å². The molecule has 0 saturated heterocycles. The van der Waals surface area contributed by atoms with Crippen molar-refractivity contribution in [1.29, 1.82) is 0 Å². The molecule has 0 atom stereocenters. The largest absolute Gasteiger partial charge is 0.504 e. The average molecular weight is 349 g/mol. The van der Waals surface area contributed by atoms with Crippen LogP contribution < -0.4 is 15.4 Å². The van der Waals surface area contributed by atoms with Crippen LogP contribution in [-0.4, -0.2) is 45.0 Å². The molecule has 0 amide bonds. The van der Waals surface area contributed by atoms with Crippen LogP contribution in [0.4, 0.5) is 0 Å². The third kappa shape index (κ3) is 5.53. The monoisotopic (exact) mass is 349 g/mol. The molecular formula is C19H31N3O3. The lowest BCUT2D eigenvalue weighted by Gasteiger charge is -2.42. The second-order valence-corrected chi connectivity index (χ2v) is 6.65. The summed E-state index contributed by atoms with van der Waals surface area (Å²) >= 11 is 0. The van der Waals surface area contributed by atoms with Gasteiger partial charge in [-0.1, -0.05) is 12.5 Å². The van der Waals surface area contributed by atoms with Gasteiger partial charge in [-0.25, -0.2) is 4.99 Å². The summed E-state index contributed by atoms with van der Waals surface area (Å²) in [6, 6.07) is 5.37. The van der Waals surface area contributed by atoms with Gasteiger partial charge in [0.05, 0.1) is 13.7 Å². The van der Waals surface area contributed by atoms with Gasteiger partial charge in [-0.2, -0.15) is 0 Å². The zero-order valence-corrected chi connectivity index (χ0v) is 15.6. The van der Waals surface area contributed by atoms with Crippen molar-refractivity contribution in [2.75, 3.05) is 33.9 Å². The molecular weight excluding hydrogens is 318 g/mol. The number of benzene rings is 1. The Bertz CT molecular complexity index is 571. The molecule has 0 heterocycles. The van der Waals surface area contributed by atoms with Gasteiger partial charge < -0.3 is 25.2 Å². The first-order valence-corrected chi connectivity index (χ1v) is 8.99. The topological polar surface area (TPSA) is 75.1 Å². The van der Waals surface area contributed by atoms with Crippen molar-refractivity contribution in [1.82, 2.24) is 10.6 Å². The number of phenolic OH excluding ortho intramolecular Hbond substituents is 1. The van der Waals surface area contributed by atoms with Crippen molar-refractivity contribution in [3.63, 3.8) is 0 Å². The van der Waals surface area contributed by atoms with E-state index in [2.05, 4.69) is 22.5 Å². The number of guanidine groups is 1. The van der Waals surface area contributed by atoms with Gasteiger partial charge in [0.25, 0.3) is 0 Å². The summed E-state index contributed by atoms with van der Waals surface area (Å²) in [6.07, 6.45) is 4.87. The summed E-state index contributed by atoms with van der Waals surface area (Å²) < 4.78 is 10.3. The van der Waals surface area contributed by atoms with Crippen LogP contribution in [0.5, 0.6) is 11.5 Å². The normalized spacial score (nSPS) is 16.2. The maximum Gasteiger partial charge on any atom is 0.191 e. The summed E-state index contributed by atoms with van der Waals surface area (Å²) in [5.74, 6) is 1.42. The molecule has 1 aromatic rings. The predicted octanol–water partition coefficient (Wildman–Crippen LogP) is 2.66. The third-order valence-electron chi connectivity index (χ3n) is 4.89. The second-order valence-electron chi connectivity index (χ2n) is 6.65. The summed E-state index contributed by atoms with van der Waals surface area (Å²) in [4.78, 5) is 4.63. The molecule has 6 heteroatoms. The van der Waals surface area contributed by atoms with Crippen LogP contribution in [0.3, 0.4) is 0 Å². The van der Waals surface area contributed by atoms with Crippen LogP contribution in [0.25, 0.3) is 0 Å². The predicted molar refractivity (Wildman–Crippen MR) is 100 cm³/mol. The van der Waals surface area contributed by atoms with Crippen molar-refractivity contribution in [3.05, 3.63) is 23.8 Å². The number of rotatable bonds is 9. The van der Waals surface area contributed by atoms with Gasteiger partial charge in [-0.15, -0.1) is 0 Å². The van der Waals surface area contributed by atoms with Crippen molar-refractivity contribution >= 4 is 5.96 Å². The number of methoxy groups -OCH3 is 2. The lowest BCUT2D eigenvalue weighted by atomic mass is 9.67. The third-order valence-corrected chi connectivity index (χ3v) is 4.89. The molecule has 0 spiro atoms. The van der Waals surface area contributed by atoms with E-state index in [1.165, 1.54) is 19.3 Å². The highest BCUT2D eigenvalue weighted by molar-refractivity contribution is 5.79. The van der Waals surface area contributed by atoms with Crippen molar-refractivity contribution in [2.45, 2.75) is 39.2 Å². The first kappa shape index (κ1) is 19.4. The van der Waals surface area contributed by atoms with Crippen LogP contribution in [0.15, 0.2) is 23.2 Å². The number of nitrogens with zero attached hydrogens (tertiary/aromatic N) is 1. The lowest BCUT2D eigenvalue weighted by Crippen LogP contribution is -2.46. The van der Waals surface area contributed by atoms with Gasteiger partial charge in [0, 0.05) is 26.8 Å². The van der Waals surface area contributed by atoms with E-state index in [0.717, 1.165) is 37.6 Å². The first-order chi connectivity index (χ1) is 12.1. The minimum absolute atomic E-state index is 0.140. The van der Waals surface area contributed by atoms with Gasteiger partial charge >= 0.3 is 0 Å². The average Bonchev–Trinajstić information content (AvgIpc) is 2.58. The van der Waals surface area contributed by atoms with E-state index < -0.39 is 0 Å². The zero-order chi connectivity index (χ0) is 18.1. The standard InChI is InChI=1S/C19H31N3O3/c1-4-20-18(22-14-19(8-5-9-19)10-11-24-2)21-13-15-6-7-17(25-3)16(23)12-15/h6-7,12,23H,4-5,8-11,13-14H2,1-3H3,(H2,20,21,22). The number of aliphatic imine (C=N–C) groups is 1. The molecule has 140 valence electrons. The zero-order valence-electron chi connectivity index (χ0n) is 15.6. The van der Waals surface area contributed by atoms with Gasteiger partial charge in [0.15, 0.2) is 17.5 Å². The Morgan fingerprint density at radius 3 is 2.64 bits per heavy atom. The van der Waals surface area contributed by atoms with Crippen LogP contribution in [-0.2, 0) is 11.3 Å². The molecule has 1 aliphatic rings. The van der Waals surface area contributed by atoms with Gasteiger partial charge in [-0.05, 0) is 49.3 Å². The fourth-order valence-electron chi connectivity index (χ4n) is 3.13. The fourth-order valence-corrected chi connectivity index (χ4v) is 3.13. The summed E-state index contributed by atoms with van der Waals surface area (Å²) in [6.45, 7) is 5.08. The first-order valence-electron chi connectivity index (χ1n) is 8.99. The van der Waals surface area contributed by atoms with Gasteiger partial charge in [-0.3, -0.25) is 0 Å².